The number of carbonyl (C=O) groups is 2. The summed E-state index contributed by atoms with van der Waals surface area (Å²) in [6, 6.07) is 16.9. The van der Waals surface area contributed by atoms with Crippen LogP contribution in [0.25, 0.3) is 0 Å². The van der Waals surface area contributed by atoms with Crippen LogP contribution in [-0.4, -0.2) is 56.6 Å². The number of nitrogens with one attached hydrogen (secondary N) is 1. The first-order chi connectivity index (χ1) is 17.7. The van der Waals surface area contributed by atoms with Gasteiger partial charge in [-0.15, -0.1) is 0 Å². The Morgan fingerprint density at radius 1 is 1.00 bits per heavy atom. The van der Waals surface area contributed by atoms with Crippen LogP contribution in [0.1, 0.15) is 63.0 Å². The van der Waals surface area contributed by atoms with Crippen molar-refractivity contribution in [3.05, 3.63) is 65.7 Å². The molecule has 2 amide bonds. The SMILES string of the molecule is CC[C@@H](C(=O)NC1CCCC1)N(CCc1ccccc1)C(=O)CCCN(c1ccccc1C)S(C)(=O)=O. The Bertz CT molecular complexity index is 1130. The molecular formula is C29H41N3O4S. The number of aryl methyl sites for hydroxylation is 1. The minimum Gasteiger partial charge on any atom is -0.352 e. The van der Waals surface area contributed by atoms with Gasteiger partial charge in [0.25, 0.3) is 0 Å². The lowest BCUT2D eigenvalue weighted by molar-refractivity contribution is -0.141. The first kappa shape index (κ1) is 28.7. The molecule has 0 aliphatic heterocycles. The van der Waals surface area contributed by atoms with Gasteiger partial charge in [-0.2, -0.15) is 0 Å². The number of benzene rings is 2. The van der Waals surface area contributed by atoms with Crippen LogP contribution in [-0.2, 0) is 26.0 Å². The summed E-state index contributed by atoms with van der Waals surface area (Å²) < 4.78 is 26.4. The van der Waals surface area contributed by atoms with E-state index in [-0.39, 0.29) is 30.8 Å². The third-order valence-electron chi connectivity index (χ3n) is 7.11. The Kier molecular flexibility index (Phi) is 10.6. The lowest BCUT2D eigenvalue weighted by atomic mass is 10.1. The first-order valence-corrected chi connectivity index (χ1v) is 15.2. The Hall–Kier alpha value is -2.87. The number of amides is 2. The molecule has 1 fully saturated rings. The van der Waals surface area contributed by atoms with Crippen LogP contribution in [0.2, 0.25) is 0 Å². The molecule has 0 saturated heterocycles. The van der Waals surface area contributed by atoms with Gasteiger partial charge in [-0.05, 0) is 56.2 Å². The monoisotopic (exact) mass is 527 g/mol. The summed E-state index contributed by atoms with van der Waals surface area (Å²) in [5.41, 5.74) is 2.59. The molecule has 8 heteroatoms. The number of sulfonamides is 1. The summed E-state index contributed by atoms with van der Waals surface area (Å²) in [5, 5.41) is 3.16. The fraction of sp³-hybridized carbons (Fsp3) is 0.517. The van der Waals surface area contributed by atoms with Crippen molar-refractivity contribution in [1.29, 1.82) is 0 Å². The smallest absolute Gasteiger partial charge is 0.243 e. The number of nitrogens with zero attached hydrogens (tertiary/aromatic N) is 2. The van der Waals surface area contributed by atoms with Gasteiger partial charge in [0, 0.05) is 25.6 Å². The second-order valence-electron chi connectivity index (χ2n) is 9.96. The van der Waals surface area contributed by atoms with E-state index in [0.29, 0.717) is 31.5 Å². The quantitative estimate of drug-likeness (QED) is 0.417. The van der Waals surface area contributed by atoms with E-state index in [1.165, 1.54) is 10.6 Å². The molecule has 2 aromatic rings. The van der Waals surface area contributed by atoms with Gasteiger partial charge in [0.15, 0.2) is 0 Å². The number of hydrogen-bond donors (Lipinski definition) is 1. The highest BCUT2D eigenvalue weighted by molar-refractivity contribution is 7.92. The van der Waals surface area contributed by atoms with Crippen molar-refractivity contribution in [3.63, 3.8) is 0 Å². The zero-order valence-corrected chi connectivity index (χ0v) is 23.2. The number of carbonyl (C=O) groups excluding carboxylic acids is 2. The van der Waals surface area contributed by atoms with E-state index in [1.54, 1.807) is 11.0 Å². The van der Waals surface area contributed by atoms with Gasteiger partial charge in [-0.25, -0.2) is 8.42 Å². The van der Waals surface area contributed by atoms with Crippen LogP contribution in [0.3, 0.4) is 0 Å². The Labute approximate surface area is 222 Å². The largest absolute Gasteiger partial charge is 0.352 e. The van der Waals surface area contributed by atoms with E-state index in [0.717, 1.165) is 36.8 Å². The third kappa shape index (κ3) is 8.32. The van der Waals surface area contributed by atoms with E-state index < -0.39 is 16.1 Å². The van der Waals surface area contributed by atoms with Crippen molar-refractivity contribution in [3.8, 4) is 0 Å². The van der Waals surface area contributed by atoms with Crippen molar-refractivity contribution in [2.45, 2.75) is 77.3 Å². The molecule has 0 aromatic heterocycles. The average molecular weight is 528 g/mol. The predicted molar refractivity (Wildman–Crippen MR) is 149 cm³/mol. The fourth-order valence-electron chi connectivity index (χ4n) is 5.09. The molecule has 0 heterocycles. The van der Waals surface area contributed by atoms with E-state index >= 15 is 0 Å². The van der Waals surface area contributed by atoms with E-state index in [2.05, 4.69) is 5.32 Å². The van der Waals surface area contributed by atoms with Gasteiger partial charge in [0.2, 0.25) is 21.8 Å². The zero-order valence-electron chi connectivity index (χ0n) is 22.4. The maximum absolute atomic E-state index is 13.5. The molecule has 1 N–H and O–H groups in total. The number of para-hydroxylation sites is 1. The molecule has 0 unspecified atom stereocenters. The minimum atomic E-state index is -3.51. The highest BCUT2D eigenvalue weighted by Crippen LogP contribution is 2.23. The zero-order chi connectivity index (χ0) is 26.8. The molecule has 1 aliphatic rings. The van der Waals surface area contributed by atoms with Gasteiger partial charge in [0.05, 0.1) is 11.9 Å². The molecule has 202 valence electrons. The van der Waals surface area contributed by atoms with Gasteiger partial charge < -0.3 is 10.2 Å². The van der Waals surface area contributed by atoms with Gasteiger partial charge >= 0.3 is 0 Å². The number of hydrogen-bond acceptors (Lipinski definition) is 4. The summed E-state index contributed by atoms with van der Waals surface area (Å²) in [7, 11) is -3.51. The van der Waals surface area contributed by atoms with E-state index in [4.69, 9.17) is 0 Å². The van der Waals surface area contributed by atoms with Crippen molar-refractivity contribution in [1.82, 2.24) is 10.2 Å². The lowest BCUT2D eigenvalue weighted by Crippen LogP contribution is -2.52. The van der Waals surface area contributed by atoms with Crippen LogP contribution < -0.4 is 9.62 Å². The predicted octanol–water partition coefficient (Wildman–Crippen LogP) is 4.45. The molecule has 3 rings (SSSR count). The van der Waals surface area contributed by atoms with Crippen LogP contribution in [0.15, 0.2) is 54.6 Å². The molecule has 2 aromatic carbocycles. The topological polar surface area (TPSA) is 86.8 Å². The molecular weight excluding hydrogens is 486 g/mol. The van der Waals surface area contributed by atoms with Crippen molar-refractivity contribution >= 4 is 27.5 Å². The van der Waals surface area contributed by atoms with E-state index in [9.17, 15) is 18.0 Å². The standard InChI is InChI=1S/C29H41N3O4S/c1-4-26(29(34)30-25-16-9-10-17-25)31(22-20-24-14-6-5-7-15-24)28(33)19-12-21-32(37(3,35)36)27-18-11-8-13-23(27)2/h5-8,11,13-15,18,25-26H,4,9-10,12,16-17,19-22H2,1-3H3,(H,30,34)/t26-/m0/s1. The molecule has 37 heavy (non-hydrogen) atoms. The van der Waals surface area contributed by atoms with Gasteiger partial charge in [-0.3, -0.25) is 13.9 Å². The molecule has 7 nitrogen and oxygen atoms in total. The van der Waals surface area contributed by atoms with Crippen LogP contribution in [0, 0.1) is 6.92 Å². The molecule has 1 aliphatic carbocycles. The van der Waals surface area contributed by atoms with Gasteiger partial charge in [-0.1, -0.05) is 68.3 Å². The maximum atomic E-state index is 13.5. The van der Waals surface area contributed by atoms with Crippen molar-refractivity contribution in [2.75, 3.05) is 23.7 Å². The summed E-state index contributed by atoms with van der Waals surface area (Å²) >= 11 is 0. The highest BCUT2D eigenvalue weighted by atomic mass is 32.2. The number of anilines is 1. The number of rotatable bonds is 13. The van der Waals surface area contributed by atoms with Crippen LogP contribution in [0.4, 0.5) is 5.69 Å². The second kappa shape index (κ2) is 13.6. The molecule has 0 bridgehead atoms. The third-order valence-corrected chi connectivity index (χ3v) is 8.29. The van der Waals surface area contributed by atoms with Crippen LogP contribution in [0.5, 0.6) is 0 Å². The summed E-state index contributed by atoms with van der Waals surface area (Å²) in [6.45, 7) is 4.45. The Morgan fingerprint density at radius 2 is 1.65 bits per heavy atom. The summed E-state index contributed by atoms with van der Waals surface area (Å²) in [5.74, 6) is -0.212. The minimum absolute atomic E-state index is 0.0894. The Morgan fingerprint density at radius 3 is 2.27 bits per heavy atom. The molecule has 0 radical (unpaired) electrons. The van der Waals surface area contributed by atoms with E-state index in [1.807, 2.05) is 62.4 Å². The maximum Gasteiger partial charge on any atom is 0.243 e. The van der Waals surface area contributed by atoms with Crippen molar-refractivity contribution < 1.29 is 18.0 Å². The lowest BCUT2D eigenvalue weighted by Gasteiger charge is -2.32. The summed E-state index contributed by atoms with van der Waals surface area (Å²) in [6.07, 6.45) is 7.11. The molecule has 1 saturated carbocycles. The Balaban J connectivity index is 1.71. The summed E-state index contributed by atoms with van der Waals surface area (Å²) in [4.78, 5) is 28.5. The first-order valence-electron chi connectivity index (χ1n) is 13.4. The average Bonchev–Trinajstić information content (AvgIpc) is 3.37. The normalized spacial score (nSPS) is 14.8. The molecule has 1 atom stereocenters. The fourth-order valence-corrected chi connectivity index (χ4v) is 6.11. The molecule has 0 spiro atoms. The highest BCUT2D eigenvalue weighted by Gasteiger charge is 2.30. The second-order valence-corrected chi connectivity index (χ2v) is 11.9. The van der Waals surface area contributed by atoms with Gasteiger partial charge in [0.1, 0.15) is 6.04 Å². The van der Waals surface area contributed by atoms with Crippen molar-refractivity contribution in [2.24, 2.45) is 0 Å². The van der Waals surface area contributed by atoms with Crippen LogP contribution >= 0.6 is 0 Å².